The van der Waals surface area contributed by atoms with Crippen molar-refractivity contribution in [2.75, 3.05) is 25.5 Å². The van der Waals surface area contributed by atoms with Crippen LogP contribution in [0.4, 0.5) is 10.3 Å². The van der Waals surface area contributed by atoms with Crippen LogP contribution in [0.25, 0.3) is 22.0 Å². The molecule has 46 heavy (non-hydrogen) atoms. The molecule has 12 heteroatoms. The highest BCUT2D eigenvalue weighted by molar-refractivity contribution is 7.89. The molecule has 0 aliphatic carbocycles. The number of pyridine rings is 1. The van der Waals surface area contributed by atoms with E-state index in [1.165, 1.54) is 13.2 Å². The van der Waals surface area contributed by atoms with Gasteiger partial charge >= 0.3 is 0 Å². The first-order valence-electron chi connectivity index (χ1n) is 14.9. The minimum Gasteiger partial charge on any atom is -0.495 e. The number of aromatic nitrogens is 3. The highest BCUT2D eigenvalue weighted by Gasteiger charge is 2.23. The van der Waals surface area contributed by atoms with E-state index in [4.69, 9.17) is 26.1 Å². The second kappa shape index (κ2) is 13.6. The van der Waals surface area contributed by atoms with Gasteiger partial charge in [0.1, 0.15) is 17.3 Å². The third-order valence-electron chi connectivity index (χ3n) is 7.93. The first kappa shape index (κ1) is 31.7. The van der Waals surface area contributed by atoms with Gasteiger partial charge in [-0.3, -0.25) is 0 Å². The topological polar surface area (TPSA) is 115 Å². The Bertz CT molecular complexity index is 2000. The summed E-state index contributed by atoms with van der Waals surface area (Å²) in [7, 11) is -2.42. The van der Waals surface area contributed by atoms with Crippen molar-refractivity contribution < 1.29 is 22.3 Å². The summed E-state index contributed by atoms with van der Waals surface area (Å²) >= 11 is 6.21. The molecular formula is C34H33ClFN5O4S. The first-order chi connectivity index (χ1) is 22.2. The molecule has 2 N–H and O–H groups in total. The van der Waals surface area contributed by atoms with Crippen LogP contribution in [-0.4, -0.2) is 49.6 Å². The Morgan fingerprint density at radius 2 is 1.85 bits per heavy atom. The van der Waals surface area contributed by atoms with Crippen LogP contribution in [-0.2, 0) is 21.3 Å². The number of nitrogens with one attached hydrogen (secondary N) is 2. The zero-order valence-electron chi connectivity index (χ0n) is 25.4. The van der Waals surface area contributed by atoms with Crippen molar-refractivity contribution in [1.29, 1.82) is 0 Å². The van der Waals surface area contributed by atoms with Gasteiger partial charge in [0.15, 0.2) is 9.84 Å². The number of para-hydroxylation sites is 1. The number of piperidine rings is 1. The fourth-order valence-corrected chi connectivity index (χ4v) is 7.52. The van der Waals surface area contributed by atoms with Crippen molar-refractivity contribution in [2.45, 2.75) is 37.3 Å². The Labute approximate surface area is 272 Å². The van der Waals surface area contributed by atoms with E-state index in [2.05, 4.69) is 20.6 Å². The summed E-state index contributed by atoms with van der Waals surface area (Å²) in [6, 6.07) is 16.9. The fraction of sp³-hybridized carbons (Fsp3) is 0.265. The Balaban J connectivity index is 1.33. The molecule has 3 heterocycles. The minimum atomic E-state index is -3.85. The van der Waals surface area contributed by atoms with Gasteiger partial charge in [-0.2, -0.15) is 0 Å². The van der Waals surface area contributed by atoms with Crippen molar-refractivity contribution >= 4 is 38.2 Å². The van der Waals surface area contributed by atoms with Crippen molar-refractivity contribution in [2.24, 2.45) is 0 Å². The number of fused-ring (bicyclic) bond motifs is 1. The molecule has 0 amide bonds. The molecule has 5 aromatic rings. The van der Waals surface area contributed by atoms with Crippen LogP contribution < -0.4 is 20.1 Å². The molecule has 1 fully saturated rings. The molecule has 0 bridgehead atoms. The summed E-state index contributed by atoms with van der Waals surface area (Å²) in [5.41, 5.74) is 2.48. The van der Waals surface area contributed by atoms with Gasteiger partial charge in [0, 0.05) is 41.5 Å². The van der Waals surface area contributed by atoms with E-state index in [1.54, 1.807) is 60.9 Å². The minimum absolute atomic E-state index is 0.0494. The van der Waals surface area contributed by atoms with Gasteiger partial charge in [0.05, 0.1) is 34.9 Å². The SMILES string of the molecule is COc1c(Cl)cccc1CS(=O)(=O)Cc1c(F)ccc2c(Oc3ncccc3-c3ccnc(N[C@H]4CCCNC4)n3)c(C)ccc12. The first-order valence-corrected chi connectivity index (χ1v) is 17.1. The molecule has 0 saturated carbocycles. The highest BCUT2D eigenvalue weighted by Crippen LogP contribution is 2.39. The van der Waals surface area contributed by atoms with Crippen LogP contribution in [0.3, 0.4) is 0 Å². The van der Waals surface area contributed by atoms with Gasteiger partial charge in [0.2, 0.25) is 11.8 Å². The summed E-state index contributed by atoms with van der Waals surface area (Å²) in [4.78, 5) is 13.7. The Morgan fingerprint density at radius 1 is 1.00 bits per heavy atom. The second-order valence-electron chi connectivity index (χ2n) is 11.2. The average molecular weight is 662 g/mol. The molecular weight excluding hydrogens is 629 g/mol. The lowest BCUT2D eigenvalue weighted by atomic mass is 10.0. The Hall–Kier alpha value is -4.32. The van der Waals surface area contributed by atoms with Gasteiger partial charge < -0.3 is 20.1 Å². The lowest BCUT2D eigenvalue weighted by Gasteiger charge is -2.23. The number of nitrogens with zero attached hydrogens (tertiary/aromatic N) is 3. The van der Waals surface area contributed by atoms with Gasteiger partial charge in [-0.05, 0) is 73.7 Å². The second-order valence-corrected chi connectivity index (χ2v) is 13.7. The molecule has 2 aromatic heterocycles. The summed E-state index contributed by atoms with van der Waals surface area (Å²) in [6.07, 6.45) is 5.42. The van der Waals surface area contributed by atoms with E-state index in [-0.39, 0.29) is 23.1 Å². The van der Waals surface area contributed by atoms with Crippen LogP contribution in [0.15, 0.2) is 73.1 Å². The fourth-order valence-electron chi connectivity index (χ4n) is 5.71. The maximum absolute atomic E-state index is 15.4. The van der Waals surface area contributed by atoms with Crippen LogP contribution >= 0.6 is 11.6 Å². The van der Waals surface area contributed by atoms with Crippen molar-refractivity contribution in [3.8, 4) is 28.6 Å². The highest BCUT2D eigenvalue weighted by atomic mass is 35.5. The molecule has 9 nitrogen and oxygen atoms in total. The molecule has 0 unspecified atom stereocenters. The van der Waals surface area contributed by atoms with E-state index in [0.717, 1.165) is 31.5 Å². The molecule has 1 saturated heterocycles. The maximum atomic E-state index is 15.4. The summed E-state index contributed by atoms with van der Waals surface area (Å²) in [5, 5.41) is 8.06. The molecule has 0 radical (unpaired) electrons. The number of rotatable bonds is 10. The molecule has 1 aliphatic heterocycles. The molecule has 3 aromatic carbocycles. The maximum Gasteiger partial charge on any atom is 0.228 e. The lowest BCUT2D eigenvalue weighted by molar-refractivity contribution is 0.411. The standard InChI is InChI=1S/C34H33ClFN5O4S/c1-21-10-11-24-25(12-13-29(36)27(24)20-46(42,43)19-22-6-3-9-28(35)32(22)44-2)31(21)45-33-26(8-5-16-38-33)30-14-17-39-34(41-30)40-23-7-4-15-37-18-23/h3,5-6,8-14,16-17,23,37H,4,7,15,18-20H2,1-2H3,(H,39,40,41)/t23-/m0/s1. The number of hydrogen-bond acceptors (Lipinski definition) is 9. The average Bonchev–Trinajstić information content (AvgIpc) is 3.04. The van der Waals surface area contributed by atoms with Gasteiger partial charge in [-0.1, -0.05) is 35.9 Å². The summed E-state index contributed by atoms with van der Waals surface area (Å²) < 4.78 is 54.0. The number of anilines is 1. The Morgan fingerprint density at radius 3 is 2.65 bits per heavy atom. The number of ether oxygens (including phenoxy) is 2. The smallest absolute Gasteiger partial charge is 0.228 e. The van der Waals surface area contributed by atoms with Crippen LogP contribution in [0.5, 0.6) is 17.4 Å². The van der Waals surface area contributed by atoms with Crippen LogP contribution in [0.1, 0.15) is 29.5 Å². The van der Waals surface area contributed by atoms with Gasteiger partial charge in [-0.15, -0.1) is 0 Å². The quantitative estimate of drug-likeness (QED) is 0.165. The van der Waals surface area contributed by atoms with E-state index < -0.39 is 21.4 Å². The number of benzene rings is 3. The normalized spacial score (nSPS) is 15.1. The number of methoxy groups -OCH3 is 1. The predicted molar refractivity (Wildman–Crippen MR) is 178 cm³/mol. The van der Waals surface area contributed by atoms with E-state index in [0.29, 0.717) is 50.2 Å². The van der Waals surface area contributed by atoms with E-state index >= 15 is 4.39 Å². The zero-order valence-corrected chi connectivity index (χ0v) is 27.0. The lowest BCUT2D eigenvalue weighted by Crippen LogP contribution is -2.38. The summed E-state index contributed by atoms with van der Waals surface area (Å²) in [5.74, 6) is 0.00141. The van der Waals surface area contributed by atoms with Gasteiger partial charge in [0.25, 0.3) is 0 Å². The third kappa shape index (κ3) is 6.91. The largest absolute Gasteiger partial charge is 0.495 e. The zero-order chi connectivity index (χ0) is 32.3. The van der Waals surface area contributed by atoms with Crippen LogP contribution in [0, 0.1) is 12.7 Å². The number of sulfone groups is 1. The van der Waals surface area contributed by atoms with Crippen molar-refractivity contribution in [3.05, 3.63) is 101 Å². The van der Waals surface area contributed by atoms with Crippen molar-refractivity contribution in [3.63, 3.8) is 0 Å². The third-order valence-corrected chi connectivity index (χ3v) is 9.70. The molecule has 1 aliphatic rings. The molecule has 238 valence electrons. The van der Waals surface area contributed by atoms with E-state index in [9.17, 15) is 8.42 Å². The predicted octanol–water partition coefficient (Wildman–Crippen LogP) is 6.87. The summed E-state index contributed by atoms with van der Waals surface area (Å²) in [6.45, 7) is 3.71. The van der Waals surface area contributed by atoms with Crippen molar-refractivity contribution in [1.82, 2.24) is 20.3 Å². The molecule has 6 rings (SSSR count). The monoisotopic (exact) mass is 661 g/mol. The number of halogens is 2. The number of hydrogen-bond donors (Lipinski definition) is 2. The molecule has 0 spiro atoms. The van der Waals surface area contributed by atoms with Gasteiger partial charge in [-0.25, -0.2) is 27.8 Å². The van der Waals surface area contributed by atoms with E-state index in [1.807, 2.05) is 13.0 Å². The molecule has 1 atom stereocenters. The van der Waals surface area contributed by atoms with Crippen LogP contribution in [0.2, 0.25) is 5.02 Å². The Kier molecular flexibility index (Phi) is 9.34. The number of aryl methyl sites for hydroxylation is 1.